The molecular weight excluding hydrogens is 283 g/mol. The van der Waals surface area contributed by atoms with Crippen LogP contribution >= 0.6 is 15.9 Å². The molecule has 0 heterocycles. The number of nitrogens with two attached hydrogens (primary N) is 1. The number of hydrogen-bond acceptors (Lipinski definition) is 3. The van der Waals surface area contributed by atoms with Crippen LogP contribution in [0.25, 0.3) is 0 Å². The molecule has 1 amide bonds. The van der Waals surface area contributed by atoms with Crippen LogP contribution in [0.5, 0.6) is 0 Å². The van der Waals surface area contributed by atoms with Crippen molar-refractivity contribution in [2.45, 2.75) is 6.04 Å². The average Bonchev–Trinajstić information content (AvgIpc) is 2.22. The third-order valence-electron chi connectivity index (χ3n) is 1.73. The van der Waals surface area contributed by atoms with Crippen molar-refractivity contribution in [2.75, 3.05) is 5.32 Å². The van der Waals surface area contributed by atoms with Gasteiger partial charge in [-0.1, -0.05) is 15.9 Å². The first-order valence-corrected chi connectivity index (χ1v) is 4.95. The second kappa shape index (κ2) is 5.04. The van der Waals surface area contributed by atoms with Gasteiger partial charge in [0.05, 0.1) is 5.69 Å². The first kappa shape index (κ1) is 12.6. The number of anilines is 1. The van der Waals surface area contributed by atoms with Crippen molar-refractivity contribution in [3.8, 4) is 0 Å². The monoisotopic (exact) mass is 290 g/mol. The number of amides is 1. The second-order valence-corrected chi connectivity index (χ2v) is 3.85. The van der Waals surface area contributed by atoms with Gasteiger partial charge in [-0.05, 0) is 18.2 Å². The van der Waals surface area contributed by atoms with Gasteiger partial charge < -0.3 is 16.2 Å². The fourth-order valence-electron chi connectivity index (χ4n) is 0.916. The number of rotatable bonds is 3. The molecule has 86 valence electrons. The molecular formula is C9H8BrFN2O3. The summed E-state index contributed by atoms with van der Waals surface area (Å²) in [6, 6.07) is 2.16. The van der Waals surface area contributed by atoms with E-state index in [4.69, 9.17) is 10.8 Å². The van der Waals surface area contributed by atoms with Gasteiger partial charge in [-0.15, -0.1) is 0 Å². The highest BCUT2D eigenvalue weighted by atomic mass is 79.9. The van der Waals surface area contributed by atoms with Crippen LogP contribution in [0.2, 0.25) is 0 Å². The predicted octanol–water partition coefficient (Wildman–Crippen LogP) is 0.939. The molecule has 0 saturated heterocycles. The molecule has 1 unspecified atom stereocenters. The van der Waals surface area contributed by atoms with Crippen molar-refractivity contribution in [3.63, 3.8) is 0 Å². The number of hydrogen-bond donors (Lipinski definition) is 3. The summed E-state index contributed by atoms with van der Waals surface area (Å²) in [5.41, 5.74) is 4.92. The first-order chi connectivity index (χ1) is 7.41. The second-order valence-electron chi connectivity index (χ2n) is 2.93. The molecule has 0 fully saturated rings. The summed E-state index contributed by atoms with van der Waals surface area (Å²) in [5, 5.41) is 10.5. The van der Waals surface area contributed by atoms with Crippen LogP contribution in [0.4, 0.5) is 10.1 Å². The maximum Gasteiger partial charge on any atom is 0.330 e. The summed E-state index contributed by atoms with van der Waals surface area (Å²) < 4.78 is 13.7. The van der Waals surface area contributed by atoms with E-state index in [-0.39, 0.29) is 5.69 Å². The number of carboxylic acid groups (broad SMARTS) is 1. The third kappa shape index (κ3) is 3.01. The van der Waals surface area contributed by atoms with Crippen molar-refractivity contribution in [1.29, 1.82) is 0 Å². The Morgan fingerprint density at radius 2 is 2.12 bits per heavy atom. The quantitative estimate of drug-likeness (QED) is 0.723. The lowest BCUT2D eigenvalue weighted by molar-refractivity contribution is -0.141. The summed E-state index contributed by atoms with van der Waals surface area (Å²) in [4.78, 5) is 21.6. The molecule has 1 rings (SSSR count). The average molecular weight is 291 g/mol. The zero-order valence-electron chi connectivity index (χ0n) is 7.91. The minimum Gasteiger partial charge on any atom is -0.480 e. The van der Waals surface area contributed by atoms with Crippen molar-refractivity contribution in [2.24, 2.45) is 5.73 Å². The molecule has 7 heteroatoms. The molecule has 1 atom stereocenters. The van der Waals surface area contributed by atoms with Crippen molar-refractivity contribution in [3.05, 3.63) is 28.5 Å². The normalized spacial score (nSPS) is 11.9. The lowest BCUT2D eigenvalue weighted by Gasteiger charge is -2.09. The molecule has 0 aliphatic carbocycles. The number of benzene rings is 1. The first-order valence-electron chi connectivity index (χ1n) is 4.16. The molecule has 0 spiro atoms. The van der Waals surface area contributed by atoms with E-state index in [0.29, 0.717) is 4.47 Å². The van der Waals surface area contributed by atoms with E-state index in [1.165, 1.54) is 12.1 Å². The Morgan fingerprint density at radius 1 is 1.50 bits per heavy atom. The zero-order valence-corrected chi connectivity index (χ0v) is 9.49. The summed E-state index contributed by atoms with van der Waals surface area (Å²) >= 11 is 3.09. The number of aliphatic carboxylic acids is 1. The van der Waals surface area contributed by atoms with E-state index in [1.54, 1.807) is 0 Å². The van der Waals surface area contributed by atoms with Crippen molar-refractivity contribution >= 4 is 33.5 Å². The summed E-state index contributed by atoms with van der Waals surface area (Å²) in [5.74, 6) is -3.13. The van der Waals surface area contributed by atoms with Gasteiger partial charge in [0.1, 0.15) is 5.82 Å². The zero-order chi connectivity index (χ0) is 12.3. The van der Waals surface area contributed by atoms with Gasteiger partial charge in [-0.25, -0.2) is 9.18 Å². The van der Waals surface area contributed by atoms with E-state index in [9.17, 15) is 14.0 Å². The minimum absolute atomic E-state index is 0.129. The summed E-state index contributed by atoms with van der Waals surface area (Å²) in [7, 11) is 0. The molecule has 0 saturated carbocycles. The van der Waals surface area contributed by atoms with E-state index < -0.39 is 23.7 Å². The Kier molecular flexibility index (Phi) is 3.97. The molecule has 0 aliphatic heterocycles. The largest absolute Gasteiger partial charge is 0.480 e. The Labute approximate surface area is 98.6 Å². The smallest absolute Gasteiger partial charge is 0.330 e. The molecule has 1 aromatic rings. The number of carboxylic acids is 1. The maximum atomic E-state index is 13.2. The standard InChI is InChI=1S/C9H8BrFN2O3/c10-4-1-2-5(11)6(3-4)13-8(14)7(12)9(15)16/h1-3,7H,12H2,(H,13,14)(H,15,16). The topological polar surface area (TPSA) is 92.4 Å². The van der Waals surface area contributed by atoms with E-state index >= 15 is 0 Å². The SMILES string of the molecule is NC(C(=O)O)C(=O)Nc1cc(Br)ccc1F. The number of carbonyl (C=O) groups excluding carboxylic acids is 1. The Bertz CT molecular complexity index is 439. The number of carbonyl (C=O) groups is 2. The van der Waals surface area contributed by atoms with Gasteiger partial charge in [0.15, 0.2) is 6.04 Å². The highest BCUT2D eigenvalue weighted by molar-refractivity contribution is 9.10. The van der Waals surface area contributed by atoms with Gasteiger partial charge in [-0.2, -0.15) is 0 Å². The van der Waals surface area contributed by atoms with Crippen LogP contribution in [-0.2, 0) is 9.59 Å². The molecule has 0 aromatic heterocycles. The van der Waals surface area contributed by atoms with Crippen LogP contribution < -0.4 is 11.1 Å². The molecule has 0 bridgehead atoms. The summed E-state index contributed by atoms with van der Waals surface area (Å²) in [6.45, 7) is 0. The van der Waals surface area contributed by atoms with Crippen molar-refractivity contribution < 1.29 is 19.1 Å². The van der Waals surface area contributed by atoms with Crippen LogP contribution in [0, 0.1) is 5.82 Å². The summed E-state index contributed by atoms with van der Waals surface area (Å²) in [6.07, 6.45) is 0. The van der Waals surface area contributed by atoms with Crippen LogP contribution in [-0.4, -0.2) is 23.0 Å². The molecule has 1 aromatic carbocycles. The third-order valence-corrected chi connectivity index (χ3v) is 2.23. The minimum atomic E-state index is -1.72. The van der Waals surface area contributed by atoms with Gasteiger partial charge in [0.25, 0.3) is 5.91 Å². The number of nitrogens with one attached hydrogen (secondary N) is 1. The lowest BCUT2D eigenvalue weighted by Crippen LogP contribution is -2.42. The van der Waals surface area contributed by atoms with E-state index in [1.807, 2.05) is 0 Å². The highest BCUT2D eigenvalue weighted by Crippen LogP contribution is 2.19. The van der Waals surface area contributed by atoms with Crippen LogP contribution in [0.1, 0.15) is 0 Å². The van der Waals surface area contributed by atoms with Crippen molar-refractivity contribution in [1.82, 2.24) is 0 Å². The Balaban J connectivity index is 2.84. The maximum absolute atomic E-state index is 13.2. The van der Waals surface area contributed by atoms with Gasteiger partial charge in [0, 0.05) is 4.47 Å². The van der Waals surface area contributed by atoms with Gasteiger partial charge >= 0.3 is 5.97 Å². The lowest BCUT2D eigenvalue weighted by atomic mass is 10.2. The fraction of sp³-hybridized carbons (Fsp3) is 0.111. The Morgan fingerprint density at radius 3 is 2.69 bits per heavy atom. The van der Waals surface area contributed by atoms with E-state index in [2.05, 4.69) is 21.2 Å². The molecule has 5 nitrogen and oxygen atoms in total. The van der Waals surface area contributed by atoms with Crippen LogP contribution in [0.3, 0.4) is 0 Å². The van der Waals surface area contributed by atoms with Gasteiger partial charge in [0.2, 0.25) is 0 Å². The van der Waals surface area contributed by atoms with Crippen LogP contribution in [0.15, 0.2) is 22.7 Å². The molecule has 4 N–H and O–H groups in total. The predicted molar refractivity (Wildman–Crippen MR) is 58.3 cm³/mol. The molecule has 0 aliphatic rings. The Hall–Kier alpha value is -1.47. The van der Waals surface area contributed by atoms with Gasteiger partial charge in [-0.3, -0.25) is 4.79 Å². The number of halogens is 2. The highest BCUT2D eigenvalue weighted by Gasteiger charge is 2.22. The molecule has 0 radical (unpaired) electrons. The molecule has 16 heavy (non-hydrogen) atoms. The van der Waals surface area contributed by atoms with E-state index in [0.717, 1.165) is 6.07 Å². The fourth-order valence-corrected chi connectivity index (χ4v) is 1.28.